The Hall–Kier alpha value is -0.300. The summed E-state index contributed by atoms with van der Waals surface area (Å²) < 4.78 is 0. The molecule has 4 saturated carbocycles. The lowest BCUT2D eigenvalue weighted by molar-refractivity contribution is -0.152. The highest BCUT2D eigenvalue weighted by molar-refractivity contribution is 5.11. The van der Waals surface area contributed by atoms with E-state index in [2.05, 4.69) is 53.7 Å². The van der Waals surface area contributed by atoms with Gasteiger partial charge in [-0.2, -0.15) is 0 Å². The minimum atomic E-state index is -0.0720. The number of aliphatic hydroxyl groups excluding tert-OH is 1. The number of allylic oxidation sites excluding steroid dienone is 2. The molecule has 1 nitrogen and oxygen atoms in total. The van der Waals surface area contributed by atoms with Crippen LogP contribution >= 0.6 is 0 Å². The van der Waals surface area contributed by atoms with Gasteiger partial charge in [-0.1, -0.05) is 66.0 Å². The first kappa shape index (κ1) is 24.8. The van der Waals surface area contributed by atoms with Crippen molar-refractivity contribution in [3.8, 4) is 0 Å². The van der Waals surface area contributed by atoms with Gasteiger partial charge in [-0.3, -0.25) is 0 Å². The van der Waals surface area contributed by atoms with Crippen LogP contribution in [-0.2, 0) is 0 Å². The molecule has 0 aliphatic heterocycles. The van der Waals surface area contributed by atoms with Gasteiger partial charge in [0, 0.05) is 0 Å². The van der Waals surface area contributed by atoms with Gasteiger partial charge in [-0.25, -0.2) is 0 Å². The average Bonchev–Trinajstić information content (AvgIpc) is 3.10. The fourth-order valence-electron chi connectivity index (χ4n) is 10.1. The lowest BCUT2D eigenvalue weighted by atomic mass is 9.43. The minimum Gasteiger partial charge on any atom is -0.393 e. The highest BCUT2D eigenvalue weighted by Gasteiger charge is 2.61. The fraction of sp³-hybridized carbons (Fsp3) is 0.935. The Bertz CT molecular complexity index is 651. The Balaban J connectivity index is 1.48. The topological polar surface area (TPSA) is 20.2 Å². The molecule has 1 N–H and O–H groups in total. The lowest BCUT2D eigenvalue weighted by Gasteiger charge is -2.62. The summed E-state index contributed by atoms with van der Waals surface area (Å²) >= 11 is 0. The fourth-order valence-corrected chi connectivity index (χ4v) is 10.1. The molecule has 0 unspecified atom stereocenters. The maximum Gasteiger partial charge on any atom is 0.0574 e. The van der Waals surface area contributed by atoms with E-state index in [1.165, 1.54) is 64.2 Å². The zero-order chi connectivity index (χ0) is 23.1. The molecule has 0 radical (unpaired) electrons. The number of hydrogen-bond acceptors (Lipinski definition) is 1. The summed E-state index contributed by atoms with van der Waals surface area (Å²) in [5.74, 6) is 6.79. The third-order valence-corrected chi connectivity index (χ3v) is 11.8. The van der Waals surface area contributed by atoms with Crippen LogP contribution in [0.1, 0.15) is 119 Å². The number of hydrogen-bond donors (Lipinski definition) is 1. The second-order valence-electron chi connectivity index (χ2n) is 13.7. The zero-order valence-electron chi connectivity index (χ0n) is 22.3. The first-order valence-electron chi connectivity index (χ1n) is 14.5. The molecule has 0 saturated heterocycles. The normalized spacial score (nSPS) is 47.3. The molecule has 0 amide bonds. The first-order chi connectivity index (χ1) is 15.2. The van der Waals surface area contributed by atoms with Gasteiger partial charge in [0.1, 0.15) is 0 Å². The van der Waals surface area contributed by atoms with Crippen LogP contribution in [0.3, 0.4) is 0 Å². The van der Waals surface area contributed by atoms with E-state index >= 15 is 0 Å². The Morgan fingerprint density at radius 2 is 1.53 bits per heavy atom. The molecule has 10 atom stereocenters. The van der Waals surface area contributed by atoms with Gasteiger partial charge in [0.25, 0.3) is 0 Å². The van der Waals surface area contributed by atoms with E-state index in [0.717, 1.165) is 54.3 Å². The van der Waals surface area contributed by atoms with Gasteiger partial charge in [-0.05, 0) is 123 Å². The van der Waals surface area contributed by atoms with Crippen LogP contribution in [0.5, 0.6) is 0 Å². The summed E-state index contributed by atoms with van der Waals surface area (Å²) in [6.07, 6.45) is 20.9. The molecule has 4 aliphatic rings. The quantitative estimate of drug-likeness (QED) is 0.391. The van der Waals surface area contributed by atoms with E-state index in [9.17, 15) is 5.11 Å². The van der Waals surface area contributed by atoms with Crippen molar-refractivity contribution in [2.45, 2.75) is 125 Å². The zero-order valence-corrected chi connectivity index (χ0v) is 22.3. The van der Waals surface area contributed by atoms with E-state index < -0.39 is 0 Å². The summed E-state index contributed by atoms with van der Waals surface area (Å²) in [4.78, 5) is 0. The molecule has 0 bridgehead atoms. The van der Waals surface area contributed by atoms with Gasteiger partial charge >= 0.3 is 0 Å². The second kappa shape index (κ2) is 9.75. The van der Waals surface area contributed by atoms with Crippen molar-refractivity contribution in [3.63, 3.8) is 0 Å². The molecule has 0 heterocycles. The monoisotopic (exact) mass is 442 g/mol. The molecule has 1 heteroatoms. The molecule has 4 aliphatic carbocycles. The van der Waals surface area contributed by atoms with E-state index in [4.69, 9.17) is 0 Å². The van der Waals surface area contributed by atoms with Crippen LogP contribution in [0.4, 0.5) is 0 Å². The van der Waals surface area contributed by atoms with Gasteiger partial charge in [0.15, 0.2) is 0 Å². The maximum atomic E-state index is 10.9. The van der Waals surface area contributed by atoms with Gasteiger partial charge in [0.05, 0.1) is 6.10 Å². The van der Waals surface area contributed by atoms with Crippen LogP contribution < -0.4 is 0 Å². The Kier molecular flexibility index (Phi) is 7.56. The first-order valence-corrected chi connectivity index (χ1v) is 14.5. The maximum absolute atomic E-state index is 10.9. The van der Waals surface area contributed by atoms with Gasteiger partial charge in [-0.15, -0.1) is 0 Å². The predicted molar refractivity (Wildman–Crippen MR) is 137 cm³/mol. The van der Waals surface area contributed by atoms with Crippen molar-refractivity contribution in [1.82, 2.24) is 0 Å². The highest BCUT2D eigenvalue weighted by Crippen LogP contribution is 2.69. The van der Waals surface area contributed by atoms with Crippen LogP contribution in [0.15, 0.2) is 12.2 Å². The molecule has 4 rings (SSSR count). The van der Waals surface area contributed by atoms with E-state index in [-0.39, 0.29) is 6.10 Å². The second-order valence-corrected chi connectivity index (χ2v) is 13.7. The molecule has 0 aromatic carbocycles. The summed E-state index contributed by atoms with van der Waals surface area (Å²) in [5, 5.41) is 10.9. The largest absolute Gasteiger partial charge is 0.393 e. The third kappa shape index (κ3) is 4.27. The van der Waals surface area contributed by atoms with Crippen LogP contribution in [0, 0.1) is 58.2 Å². The summed E-state index contributed by atoms with van der Waals surface area (Å²) in [6, 6.07) is 0. The summed E-state index contributed by atoms with van der Waals surface area (Å²) in [5.41, 5.74) is 1.07. The van der Waals surface area contributed by atoms with Crippen molar-refractivity contribution < 1.29 is 5.11 Å². The van der Waals surface area contributed by atoms with Crippen molar-refractivity contribution in [3.05, 3.63) is 12.2 Å². The predicted octanol–water partition coefficient (Wildman–Crippen LogP) is 8.66. The standard InChI is InChI=1S/C31H54O/c1-7-8-12-24-27-14-13-23-26-16-15-25(22(4)11-9-10-21(2)3)30(26,5)19-17-28(23)31(27,6)20-18-29(24)32/h7-8,21-29,32H,9-20H2,1-6H3/b8-7-/t22-,23+,24+,25-,26+,27+,28+,29-,30-,31+/m1/s1. The molecule has 0 aromatic rings. The molecule has 32 heavy (non-hydrogen) atoms. The van der Waals surface area contributed by atoms with Crippen molar-refractivity contribution in [2.24, 2.45) is 58.2 Å². The Morgan fingerprint density at radius 1 is 0.844 bits per heavy atom. The molecule has 0 spiro atoms. The Labute approximate surface area is 200 Å². The molecule has 0 aromatic heterocycles. The van der Waals surface area contributed by atoms with E-state index in [1.54, 1.807) is 0 Å². The van der Waals surface area contributed by atoms with Crippen LogP contribution in [0.25, 0.3) is 0 Å². The molecule has 184 valence electrons. The van der Waals surface area contributed by atoms with Crippen LogP contribution in [0.2, 0.25) is 0 Å². The minimum absolute atomic E-state index is 0.0720. The number of fused-ring (bicyclic) bond motifs is 5. The van der Waals surface area contributed by atoms with Crippen molar-refractivity contribution in [2.75, 3.05) is 0 Å². The van der Waals surface area contributed by atoms with Crippen LogP contribution in [-0.4, -0.2) is 11.2 Å². The molecular formula is C31H54O. The van der Waals surface area contributed by atoms with E-state index in [1.807, 2.05) is 0 Å². The Morgan fingerprint density at radius 3 is 2.25 bits per heavy atom. The smallest absolute Gasteiger partial charge is 0.0574 e. The average molecular weight is 443 g/mol. The molecule has 4 fully saturated rings. The number of rotatable bonds is 7. The summed E-state index contributed by atoms with van der Waals surface area (Å²) in [7, 11) is 0. The number of aliphatic hydroxyl groups is 1. The SMILES string of the molecule is C/C=C\C[C@@H]1[C@H](O)CC[C@@]2(C)[C@H]1CC[C@@H]1[C@@H]2CC[C@]2(C)[C@@H]([C@H](C)CCCC(C)C)CC[C@@H]12. The molecular weight excluding hydrogens is 388 g/mol. The van der Waals surface area contributed by atoms with Crippen molar-refractivity contribution in [1.29, 1.82) is 0 Å². The van der Waals surface area contributed by atoms with Gasteiger partial charge in [0.2, 0.25) is 0 Å². The summed E-state index contributed by atoms with van der Waals surface area (Å²) in [6.45, 7) is 14.9. The van der Waals surface area contributed by atoms with Gasteiger partial charge < -0.3 is 5.11 Å². The highest BCUT2D eigenvalue weighted by atomic mass is 16.3. The third-order valence-electron chi connectivity index (χ3n) is 11.8. The van der Waals surface area contributed by atoms with Crippen molar-refractivity contribution >= 4 is 0 Å². The lowest BCUT2D eigenvalue weighted by Crippen LogP contribution is -2.56. The van der Waals surface area contributed by atoms with E-state index in [0.29, 0.717) is 16.7 Å².